The van der Waals surface area contributed by atoms with Gasteiger partial charge in [-0.25, -0.2) is 0 Å². The molecular formula is C21H32O9S. The van der Waals surface area contributed by atoms with Crippen LogP contribution in [0, 0.1) is 6.92 Å². The normalized spacial score (nSPS) is 28.8. The molecule has 2 aliphatic rings. The zero-order valence-corrected chi connectivity index (χ0v) is 19.8. The average molecular weight is 461 g/mol. The Morgan fingerprint density at radius 2 is 1.52 bits per heavy atom. The minimum Gasteiger partial charge on any atom is -0.353 e. The van der Waals surface area contributed by atoms with Gasteiger partial charge in [0.1, 0.15) is 24.4 Å². The molecule has 3 rings (SSSR count). The summed E-state index contributed by atoms with van der Waals surface area (Å²) < 4.78 is 66.5. The van der Waals surface area contributed by atoms with Crippen molar-refractivity contribution in [3.63, 3.8) is 0 Å². The first-order valence-electron chi connectivity index (χ1n) is 10.1. The third-order valence-electron chi connectivity index (χ3n) is 5.16. The minimum absolute atomic E-state index is 0.0334. The van der Waals surface area contributed by atoms with Gasteiger partial charge in [0.25, 0.3) is 10.1 Å². The van der Waals surface area contributed by atoms with Crippen LogP contribution in [0.25, 0.3) is 0 Å². The van der Waals surface area contributed by atoms with E-state index in [1.807, 2.05) is 6.92 Å². The first-order chi connectivity index (χ1) is 14.4. The lowest BCUT2D eigenvalue weighted by atomic mass is 10.0. The Morgan fingerprint density at radius 1 is 0.935 bits per heavy atom. The first kappa shape index (κ1) is 24.5. The van der Waals surface area contributed by atoms with E-state index in [9.17, 15) is 8.42 Å². The highest BCUT2D eigenvalue weighted by Gasteiger charge is 2.55. The van der Waals surface area contributed by atoms with Gasteiger partial charge in [0.2, 0.25) is 0 Å². The fourth-order valence-corrected chi connectivity index (χ4v) is 4.87. The number of methoxy groups -OCH3 is 2. The third kappa shape index (κ3) is 5.63. The van der Waals surface area contributed by atoms with Crippen molar-refractivity contribution in [2.45, 2.75) is 81.8 Å². The summed E-state index contributed by atoms with van der Waals surface area (Å²) in [5.74, 6) is -1.92. The highest BCUT2D eigenvalue weighted by Crippen LogP contribution is 2.38. The lowest BCUT2D eigenvalue weighted by molar-refractivity contribution is -0.202. The molecule has 2 aliphatic heterocycles. The number of aryl methyl sites for hydroxylation is 1. The Kier molecular flexibility index (Phi) is 7.14. The van der Waals surface area contributed by atoms with Crippen molar-refractivity contribution in [3.8, 4) is 0 Å². The highest BCUT2D eigenvalue weighted by molar-refractivity contribution is 7.86. The van der Waals surface area contributed by atoms with Gasteiger partial charge < -0.3 is 28.4 Å². The van der Waals surface area contributed by atoms with E-state index in [4.69, 9.17) is 32.6 Å². The molecule has 0 saturated carbocycles. The van der Waals surface area contributed by atoms with Crippen LogP contribution in [0.3, 0.4) is 0 Å². The van der Waals surface area contributed by atoms with Crippen LogP contribution in [0.2, 0.25) is 0 Å². The SMILES string of the molecule is COC(OC)C1OC(C)(C)OC1C(OS(=O)(=O)c1ccc(C)cc1)C1COC(C)(C)O1. The Morgan fingerprint density at radius 3 is 2.03 bits per heavy atom. The Labute approximate surface area is 184 Å². The van der Waals surface area contributed by atoms with Crippen LogP contribution >= 0.6 is 0 Å². The second-order valence-electron chi connectivity index (χ2n) is 8.60. The summed E-state index contributed by atoms with van der Waals surface area (Å²) in [5.41, 5.74) is 0.933. The van der Waals surface area contributed by atoms with Gasteiger partial charge in [-0.3, -0.25) is 4.18 Å². The van der Waals surface area contributed by atoms with Crippen molar-refractivity contribution in [3.05, 3.63) is 29.8 Å². The molecule has 0 radical (unpaired) electrons. The lowest BCUT2D eigenvalue weighted by Gasteiger charge is -2.32. The van der Waals surface area contributed by atoms with Crippen molar-refractivity contribution < 1.29 is 41.0 Å². The van der Waals surface area contributed by atoms with E-state index in [2.05, 4.69) is 0 Å². The smallest absolute Gasteiger partial charge is 0.297 e. The van der Waals surface area contributed by atoms with Crippen molar-refractivity contribution >= 4 is 10.1 Å². The molecule has 10 heteroatoms. The molecule has 4 atom stereocenters. The summed E-state index contributed by atoms with van der Waals surface area (Å²) in [6, 6.07) is 6.41. The molecule has 0 N–H and O–H groups in total. The molecular weight excluding hydrogens is 428 g/mol. The van der Waals surface area contributed by atoms with E-state index in [1.165, 1.54) is 26.4 Å². The molecule has 0 spiro atoms. The third-order valence-corrected chi connectivity index (χ3v) is 6.49. The molecule has 4 unspecified atom stereocenters. The van der Waals surface area contributed by atoms with Gasteiger partial charge in [0.05, 0.1) is 11.5 Å². The van der Waals surface area contributed by atoms with Crippen molar-refractivity contribution in [1.82, 2.24) is 0 Å². The lowest BCUT2D eigenvalue weighted by Crippen LogP contribution is -2.51. The van der Waals surface area contributed by atoms with Gasteiger partial charge in [-0.1, -0.05) is 17.7 Å². The summed E-state index contributed by atoms with van der Waals surface area (Å²) in [5, 5.41) is 0. The maximum Gasteiger partial charge on any atom is 0.297 e. The van der Waals surface area contributed by atoms with E-state index < -0.39 is 52.4 Å². The zero-order valence-electron chi connectivity index (χ0n) is 19.0. The van der Waals surface area contributed by atoms with E-state index in [1.54, 1.807) is 39.8 Å². The molecule has 31 heavy (non-hydrogen) atoms. The summed E-state index contributed by atoms with van der Waals surface area (Å²) >= 11 is 0. The standard InChI is InChI=1S/C21H32O9S/c1-13-8-10-14(11-9-13)31(22,23)30-16(15-12-26-20(2,3)27-15)17-18(19(24-6)25-7)29-21(4,5)28-17/h8-11,15-19H,12H2,1-7H3. The van der Waals surface area contributed by atoms with Crippen molar-refractivity contribution in [1.29, 1.82) is 0 Å². The van der Waals surface area contributed by atoms with Gasteiger partial charge in [-0.05, 0) is 46.8 Å². The van der Waals surface area contributed by atoms with E-state index in [-0.39, 0.29) is 11.5 Å². The number of rotatable bonds is 8. The topological polar surface area (TPSA) is 98.8 Å². The molecule has 2 saturated heterocycles. The molecule has 0 bridgehead atoms. The summed E-state index contributed by atoms with van der Waals surface area (Å²) in [6.45, 7) is 8.95. The van der Waals surface area contributed by atoms with Gasteiger partial charge >= 0.3 is 0 Å². The molecule has 1 aromatic rings. The van der Waals surface area contributed by atoms with E-state index >= 15 is 0 Å². The summed E-state index contributed by atoms with van der Waals surface area (Å²) in [6.07, 6.45) is -4.25. The van der Waals surface area contributed by atoms with Crippen LogP contribution < -0.4 is 0 Å². The maximum absolute atomic E-state index is 13.1. The Bertz CT molecular complexity index is 846. The maximum atomic E-state index is 13.1. The molecule has 0 aliphatic carbocycles. The molecule has 176 valence electrons. The fraction of sp³-hybridized carbons (Fsp3) is 0.714. The van der Waals surface area contributed by atoms with Crippen LogP contribution in [0.4, 0.5) is 0 Å². The monoisotopic (exact) mass is 460 g/mol. The zero-order chi connectivity index (χ0) is 23.0. The predicted molar refractivity (Wildman–Crippen MR) is 110 cm³/mol. The molecule has 9 nitrogen and oxygen atoms in total. The van der Waals surface area contributed by atoms with Crippen LogP contribution in [0.15, 0.2) is 29.2 Å². The van der Waals surface area contributed by atoms with Crippen molar-refractivity contribution in [2.75, 3.05) is 20.8 Å². The average Bonchev–Trinajstić information content (AvgIpc) is 3.20. The van der Waals surface area contributed by atoms with Crippen LogP contribution in [0.5, 0.6) is 0 Å². The van der Waals surface area contributed by atoms with Gasteiger partial charge in [0.15, 0.2) is 17.9 Å². The fourth-order valence-electron chi connectivity index (χ4n) is 3.76. The summed E-state index contributed by atoms with van der Waals surface area (Å²) in [4.78, 5) is 0.0334. The molecule has 0 aromatic heterocycles. The summed E-state index contributed by atoms with van der Waals surface area (Å²) in [7, 11) is -1.20. The molecule has 2 fully saturated rings. The second-order valence-corrected chi connectivity index (χ2v) is 10.2. The number of benzene rings is 1. The van der Waals surface area contributed by atoms with Gasteiger partial charge in [-0.2, -0.15) is 8.42 Å². The number of hydrogen-bond acceptors (Lipinski definition) is 9. The number of ether oxygens (including phenoxy) is 6. The Hall–Kier alpha value is -1.11. The Balaban J connectivity index is 1.97. The highest BCUT2D eigenvalue weighted by atomic mass is 32.2. The molecule has 2 heterocycles. The second kappa shape index (κ2) is 9.03. The minimum atomic E-state index is -4.14. The van der Waals surface area contributed by atoms with Crippen LogP contribution in [-0.4, -0.2) is 71.5 Å². The number of hydrogen-bond donors (Lipinski definition) is 0. The molecule has 0 amide bonds. The van der Waals surface area contributed by atoms with Gasteiger partial charge in [0, 0.05) is 14.2 Å². The van der Waals surface area contributed by atoms with Crippen LogP contribution in [-0.2, 0) is 42.7 Å². The first-order valence-corrected chi connectivity index (χ1v) is 11.5. The van der Waals surface area contributed by atoms with Crippen LogP contribution in [0.1, 0.15) is 33.3 Å². The van der Waals surface area contributed by atoms with Crippen molar-refractivity contribution in [2.24, 2.45) is 0 Å². The predicted octanol–water partition coefficient (Wildman–Crippen LogP) is 2.36. The quantitative estimate of drug-likeness (QED) is 0.428. The van der Waals surface area contributed by atoms with E-state index in [0.717, 1.165) is 5.56 Å². The molecule has 1 aromatic carbocycles. The van der Waals surface area contributed by atoms with E-state index in [0.29, 0.717) is 0 Å². The van der Waals surface area contributed by atoms with Gasteiger partial charge in [-0.15, -0.1) is 0 Å². The largest absolute Gasteiger partial charge is 0.353 e.